The smallest absolute Gasteiger partial charge is 0.272 e. The van der Waals surface area contributed by atoms with Gasteiger partial charge in [0.15, 0.2) is 0 Å². The van der Waals surface area contributed by atoms with Gasteiger partial charge in [0.2, 0.25) is 0 Å². The summed E-state index contributed by atoms with van der Waals surface area (Å²) in [5.41, 5.74) is 5.90. The van der Waals surface area contributed by atoms with Crippen molar-refractivity contribution in [3.8, 4) is 11.3 Å². The quantitative estimate of drug-likeness (QED) is 0.536. The minimum Gasteiger partial charge on any atom is -0.368 e. The van der Waals surface area contributed by atoms with E-state index in [9.17, 15) is 14.9 Å². The highest BCUT2D eigenvalue weighted by molar-refractivity contribution is 5.96. The highest BCUT2D eigenvalue weighted by atomic mass is 16.6. The number of nitrogens with zero attached hydrogens (tertiary/aromatic N) is 4. The predicted octanol–water partition coefficient (Wildman–Crippen LogP) is 3.05. The summed E-state index contributed by atoms with van der Waals surface area (Å²) in [7, 11) is 0. The summed E-state index contributed by atoms with van der Waals surface area (Å²) in [6.45, 7) is 2.56. The largest absolute Gasteiger partial charge is 0.368 e. The van der Waals surface area contributed by atoms with Crippen molar-refractivity contribution in [3.63, 3.8) is 0 Å². The molecule has 5 rings (SSSR count). The van der Waals surface area contributed by atoms with Crippen molar-refractivity contribution in [3.05, 3.63) is 75.5 Å². The van der Waals surface area contributed by atoms with Crippen LogP contribution in [0.3, 0.4) is 0 Å². The van der Waals surface area contributed by atoms with Gasteiger partial charge in [0.1, 0.15) is 5.69 Å². The number of anilines is 1. The fourth-order valence-corrected chi connectivity index (χ4v) is 4.35. The first-order valence-electron chi connectivity index (χ1n) is 10.1. The molecule has 2 heterocycles. The van der Waals surface area contributed by atoms with Crippen LogP contribution in [0.25, 0.3) is 11.3 Å². The Morgan fingerprint density at radius 2 is 1.73 bits per heavy atom. The molecular formula is C22H21N5O3. The third kappa shape index (κ3) is 3.10. The Kier molecular flexibility index (Phi) is 4.46. The Morgan fingerprint density at radius 3 is 2.47 bits per heavy atom. The van der Waals surface area contributed by atoms with Gasteiger partial charge in [0, 0.05) is 55.1 Å². The Labute approximate surface area is 173 Å². The summed E-state index contributed by atoms with van der Waals surface area (Å²) in [5.74, 6) is -0.00789. The van der Waals surface area contributed by atoms with E-state index in [0.717, 1.165) is 35.3 Å². The molecule has 152 valence electrons. The average molecular weight is 403 g/mol. The second-order valence-corrected chi connectivity index (χ2v) is 7.64. The van der Waals surface area contributed by atoms with Crippen molar-refractivity contribution in [2.24, 2.45) is 0 Å². The number of nitro groups is 1. The lowest BCUT2D eigenvalue weighted by Crippen LogP contribution is -2.49. The molecule has 1 aliphatic carbocycles. The minimum absolute atomic E-state index is 0.00789. The normalized spacial score (nSPS) is 15.5. The zero-order valence-corrected chi connectivity index (χ0v) is 16.4. The molecule has 2 aliphatic rings. The predicted molar refractivity (Wildman–Crippen MR) is 113 cm³/mol. The van der Waals surface area contributed by atoms with Crippen LogP contribution in [0.1, 0.15) is 21.6 Å². The molecule has 8 heteroatoms. The zero-order chi connectivity index (χ0) is 20.7. The molecule has 0 spiro atoms. The molecule has 1 aliphatic heterocycles. The van der Waals surface area contributed by atoms with Crippen LogP contribution in [0.15, 0.2) is 48.5 Å². The number of nitrogens with one attached hydrogen (secondary N) is 1. The molecule has 0 bridgehead atoms. The van der Waals surface area contributed by atoms with Gasteiger partial charge in [0.25, 0.3) is 11.6 Å². The summed E-state index contributed by atoms with van der Waals surface area (Å²) in [6, 6.07) is 14.8. The number of non-ortho nitro benzene ring substituents is 1. The van der Waals surface area contributed by atoms with E-state index in [1.165, 1.54) is 17.7 Å². The van der Waals surface area contributed by atoms with Gasteiger partial charge in [0.05, 0.1) is 10.6 Å². The van der Waals surface area contributed by atoms with E-state index in [1.54, 1.807) is 12.1 Å². The van der Waals surface area contributed by atoms with Gasteiger partial charge in [-0.3, -0.25) is 20.0 Å². The van der Waals surface area contributed by atoms with E-state index in [2.05, 4.69) is 27.2 Å². The highest BCUT2D eigenvalue weighted by Crippen LogP contribution is 2.33. The number of aryl methyl sites for hydroxylation is 1. The first-order valence-corrected chi connectivity index (χ1v) is 10.1. The van der Waals surface area contributed by atoms with Crippen LogP contribution in [0.4, 0.5) is 11.4 Å². The average Bonchev–Trinajstić information content (AvgIpc) is 3.23. The lowest BCUT2D eigenvalue weighted by atomic mass is 9.89. The van der Waals surface area contributed by atoms with E-state index in [4.69, 9.17) is 0 Å². The minimum atomic E-state index is -0.399. The monoisotopic (exact) mass is 403 g/mol. The van der Waals surface area contributed by atoms with Crippen LogP contribution in [0.5, 0.6) is 0 Å². The number of hydrogen-bond donors (Lipinski definition) is 1. The number of carbonyl (C=O) groups is 1. The van der Waals surface area contributed by atoms with Gasteiger partial charge in [-0.2, -0.15) is 5.10 Å². The topological polar surface area (TPSA) is 95.4 Å². The van der Waals surface area contributed by atoms with Gasteiger partial charge >= 0.3 is 0 Å². The van der Waals surface area contributed by atoms with Crippen molar-refractivity contribution < 1.29 is 9.72 Å². The number of fused-ring (bicyclic) bond motifs is 3. The molecule has 0 saturated carbocycles. The highest BCUT2D eigenvalue weighted by Gasteiger charge is 2.29. The molecule has 1 N–H and O–H groups in total. The van der Waals surface area contributed by atoms with Crippen molar-refractivity contribution in [2.45, 2.75) is 12.8 Å². The van der Waals surface area contributed by atoms with E-state index in [-0.39, 0.29) is 11.6 Å². The number of amides is 1. The Bertz CT molecular complexity index is 1110. The first kappa shape index (κ1) is 18.4. The van der Waals surface area contributed by atoms with Crippen LogP contribution in [0, 0.1) is 10.1 Å². The number of nitro benzene ring substituents is 1. The molecule has 2 aromatic carbocycles. The van der Waals surface area contributed by atoms with Crippen LogP contribution < -0.4 is 4.90 Å². The van der Waals surface area contributed by atoms with Gasteiger partial charge in [-0.25, -0.2) is 0 Å². The van der Waals surface area contributed by atoms with Crippen molar-refractivity contribution in [1.29, 1.82) is 0 Å². The molecule has 8 nitrogen and oxygen atoms in total. The van der Waals surface area contributed by atoms with E-state index in [1.807, 2.05) is 17.0 Å². The molecule has 3 aromatic rings. The van der Waals surface area contributed by atoms with E-state index in [0.29, 0.717) is 31.9 Å². The molecule has 1 saturated heterocycles. The van der Waals surface area contributed by atoms with E-state index < -0.39 is 4.92 Å². The number of carbonyl (C=O) groups excluding carboxylic acids is 1. The van der Waals surface area contributed by atoms with Crippen LogP contribution in [0.2, 0.25) is 0 Å². The molecular weight excluding hydrogens is 382 g/mol. The van der Waals surface area contributed by atoms with Gasteiger partial charge in [-0.05, 0) is 30.5 Å². The summed E-state index contributed by atoms with van der Waals surface area (Å²) in [5, 5.41) is 18.3. The van der Waals surface area contributed by atoms with Crippen molar-refractivity contribution in [1.82, 2.24) is 15.1 Å². The second-order valence-electron chi connectivity index (χ2n) is 7.64. The molecule has 0 radical (unpaired) electrons. The third-order valence-electron chi connectivity index (χ3n) is 5.99. The van der Waals surface area contributed by atoms with E-state index >= 15 is 0 Å². The van der Waals surface area contributed by atoms with Crippen LogP contribution in [-0.4, -0.2) is 52.1 Å². The maximum absolute atomic E-state index is 13.2. The number of benzene rings is 2. The molecule has 0 unspecified atom stereocenters. The first-order chi connectivity index (χ1) is 14.6. The lowest BCUT2D eigenvalue weighted by molar-refractivity contribution is -0.384. The summed E-state index contributed by atoms with van der Waals surface area (Å²) in [4.78, 5) is 27.6. The fourth-order valence-electron chi connectivity index (χ4n) is 4.35. The molecule has 30 heavy (non-hydrogen) atoms. The standard InChI is InChI=1S/C22H21N5O3/c28-22(21-19-10-5-15-3-1-2-4-18(15)20(19)23-24-21)26-13-11-25(12-14-26)16-6-8-17(9-7-16)27(29)30/h1-4,6-9H,5,10-14H2,(H,23,24). The van der Waals surface area contributed by atoms with Crippen molar-refractivity contribution >= 4 is 17.3 Å². The fraction of sp³-hybridized carbons (Fsp3) is 0.273. The second kappa shape index (κ2) is 7.29. The van der Waals surface area contributed by atoms with Crippen LogP contribution >= 0.6 is 0 Å². The molecule has 1 aromatic heterocycles. The number of piperazine rings is 1. The number of H-pyrrole nitrogens is 1. The third-order valence-corrected chi connectivity index (χ3v) is 5.99. The molecule has 1 fully saturated rings. The summed E-state index contributed by atoms with van der Waals surface area (Å²) in [6.07, 6.45) is 1.73. The SMILES string of the molecule is O=C(c1[nH]nc2c1CCc1ccccc1-2)N1CCN(c2ccc([N+](=O)[O-])cc2)CC1. The Morgan fingerprint density at radius 1 is 1.00 bits per heavy atom. The van der Waals surface area contributed by atoms with Gasteiger partial charge < -0.3 is 9.80 Å². The maximum Gasteiger partial charge on any atom is 0.272 e. The number of rotatable bonds is 3. The maximum atomic E-state index is 13.2. The molecule has 1 amide bonds. The Balaban J connectivity index is 1.29. The molecule has 0 atom stereocenters. The number of aromatic amines is 1. The summed E-state index contributed by atoms with van der Waals surface area (Å²) >= 11 is 0. The zero-order valence-electron chi connectivity index (χ0n) is 16.4. The number of hydrogen-bond acceptors (Lipinski definition) is 5. The summed E-state index contributed by atoms with van der Waals surface area (Å²) < 4.78 is 0. The van der Waals surface area contributed by atoms with Gasteiger partial charge in [-0.15, -0.1) is 0 Å². The number of aromatic nitrogens is 2. The lowest BCUT2D eigenvalue weighted by Gasteiger charge is -2.36. The Hall–Kier alpha value is -3.68. The van der Waals surface area contributed by atoms with Crippen LogP contribution in [-0.2, 0) is 12.8 Å². The van der Waals surface area contributed by atoms with Crippen molar-refractivity contribution in [2.75, 3.05) is 31.1 Å². The van der Waals surface area contributed by atoms with Gasteiger partial charge in [-0.1, -0.05) is 24.3 Å².